The molecule has 1 atom stereocenters. The van der Waals surface area contributed by atoms with Gasteiger partial charge in [-0.25, -0.2) is 0 Å². The van der Waals surface area contributed by atoms with Crippen molar-refractivity contribution < 1.29 is 14.6 Å². The maximum Gasteiger partial charge on any atom is 0.320 e. The lowest BCUT2D eigenvalue weighted by molar-refractivity contribution is -0.138. The molecule has 1 unspecified atom stereocenters. The van der Waals surface area contributed by atoms with Crippen LogP contribution < -0.4 is 11.5 Å². The molecular weight excluding hydrogens is 172 g/mol. The Hall–Kier alpha value is -0.650. The summed E-state index contributed by atoms with van der Waals surface area (Å²) in [5.74, 6) is -0.933. The number of aliphatic carboxylic acids is 1. The first-order chi connectivity index (χ1) is 6.09. The SMILES string of the molecule is COC.NCCCCC(N)C(=O)O. The standard InChI is InChI=1S/C6H14N2O2.C2H6O/c7-4-2-1-3-5(8)6(9)10;1-3-2/h5H,1-4,7-8H2,(H,9,10);1-2H3. The Kier molecular flexibility index (Phi) is 13.0. The molecular formula is C8H20N2O3. The van der Waals surface area contributed by atoms with E-state index in [0.29, 0.717) is 13.0 Å². The van der Waals surface area contributed by atoms with Gasteiger partial charge in [-0.05, 0) is 19.4 Å². The summed E-state index contributed by atoms with van der Waals surface area (Å²) in [6, 6.07) is -0.716. The predicted molar refractivity (Wildman–Crippen MR) is 51.4 cm³/mol. The fraction of sp³-hybridized carbons (Fsp3) is 0.875. The van der Waals surface area contributed by atoms with Crippen LogP contribution in [0.25, 0.3) is 0 Å². The number of methoxy groups -OCH3 is 1. The van der Waals surface area contributed by atoms with E-state index in [2.05, 4.69) is 4.74 Å². The number of carboxylic acids is 1. The number of rotatable bonds is 5. The van der Waals surface area contributed by atoms with Crippen LogP contribution in [-0.4, -0.2) is 37.9 Å². The minimum Gasteiger partial charge on any atom is -0.480 e. The van der Waals surface area contributed by atoms with E-state index in [1.165, 1.54) is 0 Å². The van der Waals surface area contributed by atoms with Gasteiger partial charge in [0.25, 0.3) is 0 Å². The molecule has 0 amide bonds. The summed E-state index contributed by atoms with van der Waals surface area (Å²) in [6.07, 6.45) is 2.16. The topological polar surface area (TPSA) is 98.6 Å². The average molecular weight is 192 g/mol. The number of nitrogens with two attached hydrogens (primary N) is 2. The monoisotopic (exact) mass is 192 g/mol. The molecule has 0 aliphatic carbocycles. The molecule has 13 heavy (non-hydrogen) atoms. The highest BCUT2D eigenvalue weighted by Crippen LogP contribution is 1.96. The lowest BCUT2D eigenvalue weighted by Crippen LogP contribution is -2.29. The largest absolute Gasteiger partial charge is 0.480 e. The van der Waals surface area contributed by atoms with Gasteiger partial charge in [-0.2, -0.15) is 0 Å². The highest BCUT2D eigenvalue weighted by atomic mass is 16.4. The third kappa shape index (κ3) is 14.2. The summed E-state index contributed by atoms with van der Waals surface area (Å²) in [6.45, 7) is 0.604. The van der Waals surface area contributed by atoms with Gasteiger partial charge in [0.2, 0.25) is 0 Å². The second-order valence-electron chi connectivity index (χ2n) is 2.64. The maximum absolute atomic E-state index is 10.1. The molecule has 0 heterocycles. The summed E-state index contributed by atoms with van der Waals surface area (Å²) in [5.41, 5.74) is 10.4. The van der Waals surface area contributed by atoms with E-state index in [0.717, 1.165) is 12.8 Å². The summed E-state index contributed by atoms with van der Waals surface area (Å²) < 4.78 is 4.25. The Morgan fingerprint density at radius 3 is 2.23 bits per heavy atom. The van der Waals surface area contributed by atoms with Gasteiger partial charge in [0.05, 0.1) is 0 Å². The van der Waals surface area contributed by atoms with E-state index in [9.17, 15) is 4.79 Å². The van der Waals surface area contributed by atoms with Gasteiger partial charge in [0, 0.05) is 14.2 Å². The fourth-order valence-corrected chi connectivity index (χ4v) is 0.632. The fourth-order valence-electron chi connectivity index (χ4n) is 0.632. The van der Waals surface area contributed by atoms with Crippen molar-refractivity contribution >= 4 is 5.97 Å². The Labute approximate surface area is 79.0 Å². The van der Waals surface area contributed by atoms with Crippen LogP contribution in [0.15, 0.2) is 0 Å². The molecule has 0 aromatic rings. The van der Waals surface area contributed by atoms with Gasteiger partial charge in [-0.3, -0.25) is 4.79 Å². The molecule has 0 aliphatic rings. The lowest BCUT2D eigenvalue weighted by Gasteiger charge is -2.03. The second-order valence-corrected chi connectivity index (χ2v) is 2.64. The molecule has 80 valence electrons. The molecule has 0 aromatic carbocycles. The highest BCUT2D eigenvalue weighted by Gasteiger charge is 2.09. The number of ether oxygens (including phenoxy) is 1. The Balaban J connectivity index is 0. The van der Waals surface area contributed by atoms with Gasteiger partial charge < -0.3 is 21.3 Å². The lowest BCUT2D eigenvalue weighted by atomic mass is 10.1. The van der Waals surface area contributed by atoms with Crippen molar-refractivity contribution in [3.8, 4) is 0 Å². The number of hydrogen-bond donors (Lipinski definition) is 3. The highest BCUT2D eigenvalue weighted by molar-refractivity contribution is 5.72. The molecule has 5 heteroatoms. The first-order valence-corrected chi connectivity index (χ1v) is 4.18. The van der Waals surface area contributed by atoms with Crippen LogP contribution >= 0.6 is 0 Å². The second kappa shape index (κ2) is 11.4. The van der Waals surface area contributed by atoms with E-state index in [4.69, 9.17) is 16.6 Å². The van der Waals surface area contributed by atoms with Gasteiger partial charge in [0.1, 0.15) is 6.04 Å². The van der Waals surface area contributed by atoms with Crippen LogP contribution in [0.2, 0.25) is 0 Å². The number of hydrogen-bond acceptors (Lipinski definition) is 4. The molecule has 0 bridgehead atoms. The third-order valence-corrected chi connectivity index (χ3v) is 1.29. The van der Waals surface area contributed by atoms with Crippen molar-refractivity contribution in [1.29, 1.82) is 0 Å². The quantitative estimate of drug-likeness (QED) is 0.523. The zero-order chi connectivity index (χ0) is 10.7. The van der Waals surface area contributed by atoms with Crippen LogP contribution in [0.3, 0.4) is 0 Å². The van der Waals surface area contributed by atoms with Crippen molar-refractivity contribution in [3.05, 3.63) is 0 Å². The molecule has 0 fully saturated rings. The van der Waals surface area contributed by atoms with Crippen molar-refractivity contribution in [2.75, 3.05) is 20.8 Å². The average Bonchev–Trinajstić information content (AvgIpc) is 2.06. The van der Waals surface area contributed by atoms with E-state index in [-0.39, 0.29) is 0 Å². The number of unbranched alkanes of at least 4 members (excludes halogenated alkanes) is 1. The molecule has 0 radical (unpaired) electrons. The third-order valence-electron chi connectivity index (χ3n) is 1.29. The Morgan fingerprint density at radius 2 is 1.92 bits per heavy atom. The van der Waals surface area contributed by atoms with Crippen molar-refractivity contribution in [1.82, 2.24) is 0 Å². The Morgan fingerprint density at radius 1 is 1.46 bits per heavy atom. The minimum atomic E-state index is -0.933. The molecule has 0 aromatic heterocycles. The molecule has 0 saturated heterocycles. The predicted octanol–water partition coefficient (Wildman–Crippen LogP) is -0.210. The van der Waals surface area contributed by atoms with Gasteiger partial charge in [-0.15, -0.1) is 0 Å². The van der Waals surface area contributed by atoms with Crippen LogP contribution in [-0.2, 0) is 9.53 Å². The van der Waals surface area contributed by atoms with Crippen LogP contribution in [0.1, 0.15) is 19.3 Å². The first-order valence-electron chi connectivity index (χ1n) is 4.18. The minimum absolute atomic E-state index is 0.520. The molecule has 0 saturated carbocycles. The molecule has 0 aliphatic heterocycles. The normalized spacial score (nSPS) is 11.4. The molecule has 0 spiro atoms. The molecule has 5 nitrogen and oxygen atoms in total. The van der Waals surface area contributed by atoms with E-state index in [1.807, 2.05) is 0 Å². The van der Waals surface area contributed by atoms with Crippen LogP contribution in [0, 0.1) is 0 Å². The van der Waals surface area contributed by atoms with Gasteiger partial charge in [-0.1, -0.05) is 6.42 Å². The van der Waals surface area contributed by atoms with Crippen molar-refractivity contribution in [2.24, 2.45) is 11.5 Å². The summed E-state index contributed by atoms with van der Waals surface area (Å²) in [4.78, 5) is 10.1. The zero-order valence-electron chi connectivity index (χ0n) is 8.32. The Bertz CT molecular complexity index is 120. The summed E-state index contributed by atoms with van der Waals surface area (Å²) >= 11 is 0. The molecule has 0 rings (SSSR count). The molecule has 5 N–H and O–H groups in total. The maximum atomic E-state index is 10.1. The summed E-state index contributed by atoms with van der Waals surface area (Å²) in [7, 11) is 3.25. The van der Waals surface area contributed by atoms with E-state index < -0.39 is 12.0 Å². The van der Waals surface area contributed by atoms with E-state index in [1.54, 1.807) is 14.2 Å². The van der Waals surface area contributed by atoms with Gasteiger partial charge in [0.15, 0.2) is 0 Å². The number of carboxylic acid groups (broad SMARTS) is 1. The summed E-state index contributed by atoms with van der Waals surface area (Å²) in [5, 5.41) is 8.33. The zero-order valence-corrected chi connectivity index (χ0v) is 8.32. The van der Waals surface area contributed by atoms with Crippen LogP contribution in [0.4, 0.5) is 0 Å². The van der Waals surface area contributed by atoms with Crippen LogP contribution in [0.5, 0.6) is 0 Å². The van der Waals surface area contributed by atoms with Gasteiger partial charge >= 0.3 is 5.97 Å². The van der Waals surface area contributed by atoms with E-state index >= 15 is 0 Å². The first kappa shape index (κ1) is 14.9. The number of carbonyl (C=O) groups is 1. The van der Waals surface area contributed by atoms with Crippen molar-refractivity contribution in [2.45, 2.75) is 25.3 Å². The van der Waals surface area contributed by atoms with Crippen molar-refractivity contribution in [3.63, 3.8) is 0 Å². The smallest absolute Gasteiger partial charge is 0.320 e.